The van der Waals surface area contributed by atoms with Crippen molar-refractivity contribution in [3.63, 3.8) is 0 Å². The average Bonchev–Trinajstić information content (AvgIpc) is 2.68. The fraction of sp³-hybridized carbons (Fsp3) is 0.105. The zero-order valence-electron chi connectivity index (χ0n) is 13.9. The molecule has 0 radical (unpaired) electrons. The number of carbonyl (C=O) groups is 1. The van der Waals surface area contributed by atoms with Crippen LogP contribution < -0.4 is 5.32 Å². The normalized spacial score (nSPS) is 10.4. The van der Waals surface area contributed by atoms with Crippen LogP contribution >= 0.6 is 0 Å². The molecule has 0 saturated heterocycles. The van der Waals surface area contributed by atoms with Crippen LogP contribution in [-0.4, -0.2) is 23.3 Å². The van der Waals surface area contributed by atoms with Crippen molar-refractivity contribution in [2.45, 2.75) is 6.54 Å². The van der Waals surface area contributed by atoms with Crippen LogP contribution in [0.4, 0.5) is 14.6 Å². The van der Waals surface area contributed by atoms with Gasteiger partial charge in [-0.05, 0) is 54.6 Å². The highest BCUT2D eigenvalue weighted by molar-refractivity contribution is 5.89. The number of anilines is 1. The van der Waals surface area contributed by atoms with Gasteiger partial charge < -0.3 is 10.1 Å². The number of benzene rings is 2. The van der Waals surface area contributed by atoms with Gasteiger partial charge in [0.2, 0.25) is 0 Å². The summed E-state index contributed by atoms with van der Waals surface area (Å²) in [7, 11) is 1.27. The van der Waals surface area contributed by atoms with Gasteiger partial charge in [0.1, 0.15) is 17.5 Å². The highest BCUT2D eigenvalue weighted by Crippen LogP contribution is 2.18. The van der Waals surface area contributed by atoms with E-state index >= 15 is 0 Å². The van der Waals surface area contributed by atoms with Gasteiger partial charge in [-0.25, -0.2) is 13.6 Å². The molecule has 3 rings (SSSR count). The minimum Gasteiger partial charge on any atom is -0.465 e. The van der Waals surface area contributed by atoms with Gasteiger partial charge >= 0.3 is 5.97 Å². The standard InChI is InChI=1S/C19H15F2N3O2/c1-26-19(25)13-4-7-16(21)14(10-13)11-22-18-9-8-17(23-24-18)12-2-5-15(20)6-3-12/h2-10H,11H2,1H3,(H,22,24). The molecule has 7 heteroatoms. The van der Waals surface area contributed by atoms with E-state index in [2.05, 4.69) is 20.3 Å². The Kier molecular flexibility index (Phi) is 5.17. The minimum atomic E-state index is -0.533. The van der Waals surface area contributed by atoms with Gasteiger partial charge in [-0.3, -0.25) is 0 Å². The van der Waals surface area contributed by atoms with E-state index in [4.69, 9.17) is 0 Å². The monoisotopic (exact) mass is 355 g/mol. The van der Waals surface area contributed by atoms with Gasteiger partial charge in [0.25, 0.3) is 0 Å². The van der Waals surface area contributed by atoms with Crippen molar-refractivity contribution in [3.8, 4) is 11.3 Å². The molecule has 1 N–H and O–H groups in total. The number of carbonyl (C=O) groups excluding carboxylic acids is 1. The van der Waals surface area contributed by atoms with E-state index in [1.807, 2.05) is 0 Å². The van der Waals surface area contributed by atoms with E-state index in [1.165, 1.54) is 37.4 Å². The largest absolute Gasteiger partial charge is 0.465 e. The first-order chi connectivity index (χ1) is 12.6. The maximum atomic E-state index is 13.9. The first-order valence-corrected chi connectivity index (χ1v) is 7.77. The Morgan fingerprint density at radius 2 is 1.81 bits per heavy atom. The second kappa shape index (κ2) is 7.69. The predicted molar refractivity (Wildman–Crippen MR) is 92.5 cm³/mol. The Hall–Kier alpha value is -3.35. The van der Waals surface area contributed by atoms with Gasteiger partial charge in [0.05, 0.1) is 18.4 Å². The fourth-order valence-electron chi connectivity index (χ4n) is 2.34. The lowest BCUT2D eigenvalue weighted by atomic mass is 10.1. The third-order valence-corrected chi connectivity index (χ3v) is 3.73. The molecule has 0 aliphatic carbocycles. The van der Waals surface area contributed by atoms with E-state index in [1.54, 1.807) is 24.3 Å². The molecule has 0 amide bonds. The summed E-state index contributed by atoms with van der Waals surface area (Å²) in [6.45, 7) is 0.126. The van der Waals surface area contributed by atoms with Crippen molar-refractivity contribution >= 4 is 11.8 Å². The summed E-state index contributed by atoms with van der Waals surface area (Å²) in [5.41, 5.74) is 1.90. The van der Waals surface area contributed by atoms with Gasteiger partial charge in [-0.1, -0.05) is 0 Å². The molecular formula is C19H15F2N3O2. The van der Waals surface area contributed by atoms with Crippen molar-refractivity contribution < 1.29 is 18.3 Å². The van der Waals surface area contributed by atoms with Crippen molar-refractivity contribution in [2.24, 2.45) is 0 Å². The number of ether oxygens (including phenoxy) is 1. The van der Waals surface area contributed by atoms with E-state index in [9.17, 15) is 13.6 Å². The Morgan fingerprint density at radius 3 is 2.46 bits per heavy atom. The Bertz CT molecular complexity index is 913. The summed E-state index contributed by atoms with van der Waals surface area (Å²) in [6.07, 6.45) is 0. The minimum absolute atomic E-state index is 0.126. The molecule has 0 spiro atoms. The van der Waals surface area contributed by atoms with Gasteiger partial charge in [0, 0.05) is 17.7 Å². The Balaban J connectivity index is 1.70. The molecule has 0 aliphatic heterocycles. The number of nitrogens with one attached hydrogen (secondary N) is 1. The maximum absolute atomic E-state index is 13.9. The smallest absolute Gasteiger partial charge is 0.337 e. The Labute approximate surface area is 148 Å². The summed E-state index contributed by atoms with van der Waals surface area (Å²) in [5.74, 6) is -0.856. The lowest BCUT2D eigenvalue weighted by molar-refractivity contribution is 0.0600. The lowest BCUT2D eigenvalue weighted by Crippen LogP contribution is -2.07. The fourth-order valence-corrected chi connectivity index (χ4v) is 2.34. The second-order valence-corrected chi connectivity index (χ2v) is 5.46. The van der Waals surface area contributed by atoms with Crippen molar-refractivity contribution in [1.82, 2.24) is 10.2 Å². The number of hydrogen-bond acceptors (Lipinski definition) is 5. The molecule has 0 fully saturated rings. The SMILES string of the molecule is COC(=O)c1ccc(F)c(CNc2ccc(-c3ccc(F)cc3)nn2)c1. The first kappa shape index (κ1) is 17.5. The van der Waals surface area contributed by atoms with Crippen LogP contribution in [0.3, 0.4) is 0 Å². The number of aromatic nitrogens is 2. The van der Waals surface area contributed by atoms with E-state index in [0.717, 1.165) is 5.56 Å². The number of esters is 1. The molecule has 1 heterocycles. The molecule has 5 nitrogen and oxygen atoms in total. The van der Waals surface area contributed by atoms with Crippen LogP contribution in [0, 0.1) is 11.6 Å². The van der Waals surface area contributed by atoms with Crippen LogP contribution in [0.2, 0.25) is 0 Å². The van der Waals surface area contributed by atoms with Crippen molar-refractivity contribution in [3.05, 3.63) is 77.4 Å². The lowest BCUT2D eigenvalue weighted by Gasteiger charge is -2.08. The number of halogens is 2. The maximum Gasteiger partial charge on any atom is 0.337 e. The first-order valence-electron chi connectivity index (χ1n) is 7.77. The Morgan fingerprint density at radius 1 is 1.04 bits per heavy atom. The van der Waals surface area contributed by atoms with Crippen LogP contribution in [0.1, 0.15) is 15.9 Å². The summed E-state index contributed by atoms with van der Waals surface area (Å²) >= 11 is 0. The summed E-state index contributed by atoms with van der Waals surface area (Å²) in [5, 5.41) is 11.0. The highest BCUT2D eigenvalue weighted by Gasteiger charge is 2.10. The zero-order valence-corrected chi connectivity index (χ0v) is 13.9. The molecular weight excluding hydrogens is 340 g/mol. The highest BCUT2D eigenvalue weighted by atomic mass is 19.1. The average molecular weight is 355 g/mol. The van der Waals surface area contributed by atoms with Crippen molar-refractivity contribution in [1.29, 1.82) is 0 Å². The molecule has 132 valence electrons. The van der Waals surface area contributed by atoms with Crippen LogP contribution in [0.15, 0.2) is 54.6 Å². The molecule has 0 unspecified atom stereocenters. The van der Waals surface area contributed by atoms with Gasteiger partial charge in [0.15, 0.2) is 0 Å². The molecule has 3 aromatic rings. The van der Waals surface area contributed by atoms with Crippen LogP contribution in [0.25, 0.3) is 11.3 Å². The molecule has 1 aromatic heterocycles. The molecule has 0 saturated carbocycles. The van der Waals surface area contributed by atoms with Crippen LogP contribution in [0.5, 0.6) is 0 Å². The van der Waals surface area contributed by atoms with E-state index in [-0.39, 0.29) is 17.9 Å². The predicted octanol–water partition coefficient (Wildman–Crippen LogP) is 3.82. The number of methoxy groups -OCH3 is 1. The van der Waals surface area contributed by atoms with E-state index < -0.39 is 11.8 Å². The molecule has 26 heavy (non-hydrogen) atoms. The van der Waals surface area contributed by atoms with Gasteiger partial charge in [-0.2, -0.15) is 0 Å². The topological polar surface area (TPSA) is 64.1 Å². The summed E-state index contributed by atoms with van der Waals surface area (Å²) in [4.78, 5) is 11.5. The number of hydrogen-bond donors (Lipinski definition) is 1. The number of nitrogens with zero attached hydrogens (tertiary/aromatic N) is 2. The molecule has 0 bridgehead atoms. The third kappa shape index (κ3) is 4.00. The summed E-state index contributed by atoms with van der Waals surface area (Å²) in [6, 6.07) is 13.3. The second-order valence-electron chi connectivity index (χ2n) is 5.46. The number of rotatable bonds is 5. The molecule has 0 atom stereocenters. The van der Waals surface area contributed by atoms with Crippen molar-refractivity contribution in [2.75, 3.05) is 12.4 Å². The van der Waals surface area contributed by atoms with Crippen LogP contribution in [-0.2, 0) is 11.3 Å². The molecule has 0 aliphatic rings. The summed E-state index contributed by atoms with van der Waals surface area (Å²) < 4.78 is 31.5. The third-order valence-electron chi connectivity index (χ3n) is 3.73. The molecule has 2 aromatic carbocycles. The quantitative estimate of drug-likeness (QED) is 0.705. The van der Waals surface area contributed by atoms with E-state index in [0.29, 0.717) is 17.1 Å². The zero-order chi connectivity index (χ0) is 18.5. The van der Waals surface area contributed by atoms with Gasteiger partial charge in [-0.15, -0.1) is 10.2 Å².